The zero-order valence-electron chi connectivity index (χ0n) is 8.84. The van der Waals surface area contributed by atoms with Crippen LogP contribution in [0.4, 0.5) is 10.1 Å². The third-order valence-electron chi connectivity index (χ3n) is 1.99. The highest BCUT2D eigenvalue weighted by Gasteiger charge is 2.07. The van der Waals surface area contributed by atoms with Gasteiger partial charge in [-0.25, -0.2) is 4.39 Å². The minimum Gasteiger partial charge on any atom is -0.393 e. The lowest BCUT2D eigenvalue weighted by atomic mass is 10.2. The van der Waals surface area contributed by atoms with Gasteiger partial charge in [-0.1, -0.05) is 11.6 Å². The van der Waals surface area contributed by atoms with Crippen molar-refractivity contribution in [2.24, 2.45) is 0 Å². The molecule has 0 aliphatic rings. The maximum Gasteiger partial charge on any atom is 0.224 e. The number of hydrogen-bond donors (Lipinski definition) is 2. The molecule has 1 unspecified atom stereocenters. The van der Waals surface area contributed by atoms with Gasteiger partial charge in [-0.3, -0.25) is 4.79 Å². The summed E-state index contributed by atoms with van der Waals surface area (Å²) in [6, 6.07) is 3.75. The monoisotopic (exact) mass is 245 g/mol. The Labute approximate surface area is 98.2 Å². The molecule has 1 atom stereocenters. The highest BCUT2D eigenvalue weighted by Crippen LogP contribution is 2.22. The Bertz CT molecular complexity index is 382. The highest BCUT2D eigenvalue weighted by molar-refractivity contribution is 6.33. The highest BCUT2D eigenvalue weighted by atomic mass is 35.5. The van der Waals surface area contributed by atoms with E-state index >= 15 is 0 Å². The van der Waals surface area contributed by atoms with Crippen LogP contribution in [0.25, 0.3) is 0 Å². The summed E-state index contributed by atoms with van der Waals surface area (Å²) in [6.07, 6.45) is 0.0603. The summed E-state index contributed by atoms with van der Waals surface area (Å²) in [7, 11) is 0. The van der Waals surface area contributed by atoms with Crippen molar-refractivity contribution < 1.29 is 14.3 Å². The summed E-state index contributed by atoms with van der Waals surface area (Å²) in [5, 5.41) is 11.7. The molecule has 3 nitrogen and oxygen atoms in total. The van der Waals surface area contributed by atoms with E-state index < -0.39 is 11.9 Å². The van der Waals surface area contributed by atoms with Gasteiger partial charge in [-0.2, -0.15) is 0 Å². The number of nitrogens with one attached hydrogen (secondary N) is 1. The molecule has 1 rings (SSSR count). The fourth-order valence-electron chi connectivity index (χ4n) is 1.14. The standard InChI is InChI=1S/C11H13ClFNO2/c1-7(15)2-5-11(16)14-10-4-3-8(13)6-9(10)12/h3-4,6-7,15H,2,5H2,1H3,(H,14,16). The number of anilines is 1. The normalized spacial score (nSPS) is 12.2. The molecule has 0 bridgehead atoms. The molecule has 16 heavy (non-hydrogen) atoms. The summed E-state index contributed by atoms with van der Waals surface area (Å²) < 4.78 is 12.7. The Balaban J connectivity index is 2.56. The third-order valence-corrected chi connectivity index (χ3v) is 2.31. The van der Waals surface area contributed by atoms with Gasteiger partial charge < -0.3 is 10.4 Å². The minimum absolute atomic E-state index is 0.158. The number of benzene rings is 1. The van der Waals surface area contributed by atoms with Crippen molar-refractivity contribution in [3.05, 3.63) is 29.0 Å². The van der Waals surface area contributed by atoms with E-state index in [1.807, 2.05) is 0 Å². The number of rotatable bonds is 4. The largest absolute Gasteiger partial charge is 0.393 e. The van der Waals surface area contributed by atoms with Gasteiger partial charge >= 0.3 is 0 Å². The van der Waals surface area contributed by atoms with Crippen molar-refractivity contribution in [2.45, 2.75) is 25.9 Å². The van der Waals surface area contributed by atoms with Crippen molar-refractivity contribution in [2.75, 3.05) is 5.32 Å². The second-order valence-electron chi connectivity index (χ2n) is 3.56. The van der Waals surface area contributed by atoms with Crippen LogP contribution >= 0.6 is 11.6 Å². The Hall–Kier alpha value is -1.13. The van der Waals surface area contributed by atoms with Crippen LogP contribution in [0.2, 0.25) is 5.02 Å². The molecule has 2 N–H and O–H groups in total. The Kier molecular flexibility index (Phi) is 4.71. The summed E-state index contributed by atoms with van der Waals surface area (Å²) >= 11 is 5.73. The van der Waals surface area contributed by atoms with E-state index in [-0.39, 0.29) is 17.4 Å². The predicted octanol–water partition coefficient (Wildman–Crippen LogP) is 2.58. The summed E-state index contributed by atoms with van der Waals surface area (Å²) in [6.45, 7) is 1.61. The number of carbonyl (C=O) groups excluding carboxylic acids is 1. The molecule has 0 fully saturated rings. The van der Waals surface area contributed by atoms with Crippen LogP contribution < -0.4 is 5.32 Å². The average molecular weight is 246 g/mol. The molecular formula is C11H13ClFNO2. The van der Waals surface area contributed by atoms with Gasteiger partial charge in [0.05, 0.1) is 16.8 Å². The van der Waals surface area contributed by atoms with E-state index in [9.17, 15) is 9.18 Å². The van der Waals surface area contributed by atoms with E-state index in [1.165, 1.54) is 12.1 Å². The lowest BCUT2D eigenvalue weighted by Gasteiger charge is -2.08. The van der Waals surface area contributed by atoms with Gasteiger partial charge in [0.15, 0.2) is 0 Å². The first-order valence-corrected chi connectivity index (χ1v) is 5.30. The van der Waals surface area contributed by atoms with Gasteiger partial charge in [-0.15, -0.1) is 0 Å². The molecule has 1 amide bonds. The fraction of sp³-hybridized carbons (Fsp3) is 0.364. The van der Waals surface area contributed by atoms with Crippen LogP contribution in [0, 0.1) is 5.82 Å². The summed E-state index contributed by atoms with van der Waals surface area (Å²) in [4.78, 5) is 11.4. The van der Waals surface area contributed by atoms with Crippen LogP contribution in [0.5, 0.6) is 0 Å². The number of aliphatic hydroxyl groups is 1. The Morgan fingerprint density at radius 1 is 1.62 bits per heavy atom. The van der Waals surface area contributed by atoms with Gasteiger partial charge in [0, 0.05) is 6.42 Å². The zero-order chi connectivity index (χ0) is 12.1. The van der Waals surface area contributed by atoms with Crippen molar-refractivity contribution in [1.29, 1.82) is 0 Å². The molecule has 0 aromatic heterocycles. The number of carbonyl (C=O) groups is 1. The molecule has 1 aromatic rings. The number of aliphatic hydroxyl groups excluding tert-OH is 1. The Morgan fingerprint density at radius 2 is 2.31 bits per heavy atom. The molecule has 0 saturated carbocycles. The van der Waals surface area contributed by atoms with Crippen molar-refractivity contribution in [3.63, 3.8) is 0 Å². The molecular weight excluding hydrogens is 233 g/mol. The number of amides is 1. The summed E-state index contributed by atoms with van der Waals surface area (Å²) in [5.41, 5.74) is 0.374. The molecule has 0 aliphatic heterocycles. The molecule has 0 saturated heterocycles. The topological polar surface area (TPSA) is 49.3 Å². The number of halogens is 2. The van der Waals surface area contributed by atoms with Crippen molar-refractivity contribution >= 4 is 23.2 Å². The average Bonchev–Trinajstić information content (AvgIpc) is 2.19. The maximum absolute atomic E-state index is 12.7. The first-order chi connectivity index (χ1) is 7.49. The van der Waals surface area contributed by atoms with E-state index in [4.69, 9.17) is 16.7 Å². The van der Waals surface area contributed by atoms with E-state index in [0.717, 1.165) is 6.07 Å². The molecule has 0 radical (unpaired) electrons. The fourth-order valence-corrected chi connectivity index (χ4v) is 1.36. The van der Waals surface area contributed by atoms with Crippen molar-refractivity contribution in [3.8, 4) is 0 Å². The van der Waals surface area contributed by atoms with E-state index in [1.54, 1.807) is 6.92 Å². The van der Waals surface area contributed by atoms with Crippen LogP contribution in [0.15, 0.2) is 18.2 Å². The van der Waals surface area contributed by atoms with Gasteiger partial charge in [0.1, 0.15) is 5.82 Å². The molecule has 88 valence electrons. The first-order valence-electron chi connectivity index (χ1n) is 4.92. The number of hydrogen-bond acceptors (Lipinski definition) is 2. The smallest absolute Gasteiger partial charge is 0.224 e. The first kappa shape index (κ1) is 12.9. The van der Waals surface area contributed by atoms with Crippen molar-refractivity contribution in [1.82, 2.24) is 0 Å². The van der Waals surface area contributed by atoms with E-state index in [0.29, 0.717) is 12.1 Å². The lowest BCUT2D eigenvalue weighted by molar-refractivity contribution is -0.116. The predicted molar refractivity (Wildman–Crippen MR) is 61.0 cm³/mol. The zero-order valence-corrected chi connectivity index (χ0v) is 9.59. The van der Waals surface area contributed by atoms with E-state index in [2.05, 4.69) is 5.32 Å². The van der Waals surface area contributed by atoms with Crippen LogP contribution in [-0.4, -0.2) is 17.1 Å². The van der Waals surface area contributed by atoms with Crippen LogP contribution in [-0.2, 0) is 4.79 Å². The van der Waals surface area contributed by atoms with Gasteiger partial charge in [0.2, 0.25) is 5.91 Å². The van der Waals surface area contributed by atoms with Crippen LogP contribution in [0.1, 0.15) is 19.8 Å². The quantitative estimate of drug-likeness (QED) is 0.857. The van der Waals surface area contributed by atoms with Gasteiger partial charge in [-0.05, 0) is 31.5 Å². The van der Waals surface area contributed by atoms with Gasteiger partial charge in [0.25, 0.3) is 0 Å². The Morgan fingerprint density at radius 3 is 2.88 bits per heavy atom. The summed E-state index contributed by atoms with van der Waals surface area (Å²) in [5.74, 6) is -0.707. The second kappa shape index (κ2) is 5.82. The molecule has 0 spiro atoms. The molecule has 1 aromatic carbocycles. The molecule has 5 heteroatoms. The SMILES string of the molecule is CC(O)CCC(=O)Nc1ccc(F)cc1Cl. The lowest BCUT2D eigenvalue weighted by Crippen LogP contribution is -2.14. The third kappa shape index (κ3) is 4.16. The molecule has 0 aliphatic carbocycles. The second-order valence-corrected chi connectivity index (χ2v) is 3.97. The minimum atomic E-state index is -0.519. The maximum atomic E-state index is 12.7. The van der Waals surface area contributed by atoms with Crippen LogP contribution in [0.3, 0.4) is 0 Å². The molecule has 0 heterocycles.